The molecule has 58 valence electrons. The predicted octanol–water partition coefficient (Wildman–Crippen LogP) is 0.591. The molecule has 1 aliphatic heterocycles. The van der Waals surface area contributed by atoms with Gasteiger partial charge in [0.05, 0.1) is 6.10 Å². The molecule has 1 saturated heterocycles. The molecular formula is C6H10O3S. The lowest BCUT2D eigenvalue weighted by atomic mass is 10.4. The quantitative estimate of drug-likeness (QED) is 0.659. The molecule has 1 atom stereocenters. The van der Waals surface area contributed by atoms with Crippen LogP contribution in [-0.2, 0) is 9.53 Å². The molecule has 10 heavy (non-hydrogen) atoms. The topological polar surface area (TPSA) is 46.5 Å². The lowest BCUT2D eigenvalue weighted by Crippen LogP contribution is -2.34. The van der Waals surface area contributed by atoms with Crippen molar-refractivity contribution in [2.45, 2.75) is 19.1 Å². The van der Waals surface area contributed by atoms with Crippen LogP contribution in [0.2, 0.25) is 0 Å². The third-order valence-electron chi connectivity index (χ3n) is 1.35. The molecule has 1 rings (SSSR count). The fraction of sp³-hybridized carbons (Fsp3) is 0.833. The highest BCUT2D eigenvalue weighted by Gasteiger charge is 2.23. The maximum atomic E-state index is 10.2. The van der Waals surface area contributed by atoms with E-state index in [1.54, 1.807) is 18.7 Å². The largest absolute Gasteiger partial charge is 0.479 e. The van der Waals surface area contributed by atoms with Gasteiger partial charge in [-0.15, -0.1) is 0 Å². The monoisotopic (exact) mass is 162 g/mol. The molecule has 0 saturated carbocycles. The Kier molecular flexibility index (Phi) is 2.56. The SMILES string of the molecule is CC(OC1CSC1)C(=O)O. The molecule has 0 amide bonds. The van der Waals surface area contributed by atoms with Crippen molar-refractivity contribution in [1.29, 1.82) is 0 Å². The number of carboxylic acids is 1. The smallest absolute Gasteiger partial charge is 0.332 e. The number of carboxylic acid groups (broad SMARTS) is 1. The lowest BCUT2D eigenvalue weighted by Gasteiger charge is -2.26. The van der Waals surface area contributed by atoms with Crippen molar-refractivity contribution >= 4 is 17.7 Å². The van der Waals surface area contributed by atoms with E-state index in [1.807, 2.05) is 0 Å². The van der Waals surface area contributed by atoms with E-state index in [0.717, 1.165) is 11.5 Å². The molecule has 0 aromatic heterocycles. The number of ether oxygens (including phenoxy) is 1. The Balaban J connectivity index is 2.16. The van der Waals surface area contributed by atoms with Crippen molar-refractivity contribution in [1.82, 2.24) is 0 Å². The van der Waals surface area contributed by atoms with E-state index in [1.165, 1.54) is 0 Å². The Hall–Kier alpha value is -0.220. The molecule has 0 aromatic carbocycles. The van der Waals surface area contributed by atoms with Crippen LogP contribution in [0.3, 0.4) is 0 Å². The average molecular weight is 162 g/mol. The second-order valence-corrected chi connectivity index (χ2v) is 3.35. The fourth-order valence-electron chi connectivity index (χ4n) is 0.640. The van der Waals surface area contributed by atoms with Crippen LogP contribution in [-0.4, -0.2) is 34.8 Å². The standard InChI is InChI=1S/C6H10O3S/c1-4(6(7)8)9-5-2-10-3-5/h4-5H,2-3H2,1H3,(H,7,8). The van der Waals surface area contributed by atoms with E-state index >= 15 is 0 Å². The first-order chi connectivity index (χ1) is 4.70. The van der Waals surface area contributed by atoms with Crippen LogP contribution in [0.4, 0.5) is 0 Å². The van der Waals surface area contributed by atoms with Gasteiger partial charge in [0.25, 0.3) is 0 Å². The van der Waals surface area contributed by atoms with Crippen molar-refractivity contribution in [3.63, 3.8) is 0 Å². The summed E-state index contributed by atoms with van der Waals surface area (Å²) < 4.78 is 5.13. The van der Waals surface area contributed by atoms with Gasteiger partial charge in [0.1, 0.15) is 0 Å². The van der Waals surface area contributed by atoms with Crippen LogP contribution >= 0.6 is 11.8 Å². The molecule has 3 nitrogen and oxygen atoms in total. The molecule has 0 radical (unpaired) electrons. The van der Waals surface area contributed by atoms with Gasteiger partial charge in [0.15, 0.2) is 6.10 Å². The summed E-state index contributed by atoms with van der Waals surface area (Å²) in [5.74, 6) is 1.01. The van der Waals surface area contributed by atoms with Crippen LogP contribution in [0.25, 0.3) is 0 Å². The second kappa shape index (κ2) is 3.25. The Bertz CT molecular complexity index is 133. The molecule has 1 fully saturated rings. The summed E-state index contributed by atoms with van der Waals surface area (Å²) in [4.78, 5) is 10.2. The van der Waals surface area contributed by atoms with E-state index in [2.05, 4.69) is 0 Å². The zero-order chi connectivity index (χ0) is 7.56. The summed E-state index contributed by atoms with van der Waals surface area (Å²) in [7, 11) is 0. The molecule has 4 heteroatoms. The zero-order valence-electron chi connectivity index (χ0n) is 5.74. The van der Waals surface area contributed by atoms with Gasteiger partial charge in [-0.3, -0.25) is 0 Å². The first-order valence-electron chi connectivity index (χ1n) is 3.16. The molecule has 0 bridgehead atoms. The van der Waals surface area contributed by atoms with Gasteiger partial charge in [0, 0.05) is 11.5 Å². The summed E-state index contributed by atoms with van der Waals surface area (Å²) in [5, 5.41) is 8.42. The first-order valence-corrected chi connectivity index (χ1v) is 4.31. The second-order valence-electron chi connectivity index (χ2n) is 2.28. The van der Waals surface area contributed by atoms with Gasteiger partial charge >= 0.3 is 5.97 Å². The summed E-state index contributed by atoms with van der Waals surface area (Å²) in [5.41, 5.74) is 0. The average Bonchev–Trinajstić information content (AvgIpc) is 1.77. The van der Waals surface area contributed by atoms with Crippen LogP contribution in [0.15, 0.2) is 0 Å². The number of hydrogen-bond donors (Lipinski definition) is 1. The number of carbonyl (C=O) groups is 1. The number of aliphatic carboxylic acids is 1. The number of rotatable bonds is 3. The molecule has 0 aromatic rings. The first kappa shape index (κ1) is 7.88. The molecule has 0 aliphatic carbocycles. The molecular weight excluding hydrogens is 152 g/mol. The fourth-order valence-corrected chi connectivity index (χ4v) is 1.22. The summed E-state index contributed by atoms with van der Waals surface area (Å²) >= 11 is 1.78. The maximum Gasteiger partial charge on any atom is 0.332 e. The summed E-state index contributed by atoms with van der Waals surface area (Å²) in [6.45, 7) is 1.56. The van der Waals surface area contributed by atoms with Crippen molar-refractivity contribution in [2.75, 3.05) is 11.5 Å². The maximum absolute atomic E-state index is 10.2. The van der Waals surface area contributed by atoms with E-state index < -0.39 is 12.1 Å². The minimum Gasteiger partial charge on any atom is -0.479 e. The zero-order valence-corrected chi connectivity index (χ0v) is 6.56. The molecule has 1 N–H and O–H groups in total. The third kappa shape index (κ3) is 1.88. The van der Waals surface area contributed by atoms with Gasteiger partial charge in [-0.05, 0) is 6.92 Å². The predicted molar refractivity (Wildman–Crippen MR) is 39.3 cm³/mol. The van der Waals surface area contributed by atoms with Crippen molar-refractivity contribution in [2.24, 2.45) is 0 Å². The van der Waals surface area contributed by atoms with Crippen molar-refractivity contribution < 1.29 is 14.6 Å². The minimum absolute atomic E-state index is 0.177. The van der Waals surface area contributed by atoms with Gasteiger partial charge in [-0.1, -0.05) is 0 Å². The Morgan fingerprint density at radius 3 is 2.70 bits per heavy atom. The molecule has 0 spiro atoms. The lowest BCUT2D eigenvalue weighted by molar-refractivity contribution is -0.151. The summed E-state index contributed by atoms with van der Waals surface area (Å²) in [6, 6.07) is 0. The van der Waals surface area contributed by atoms with Crippen LogP contribution in [0, 0.1) is 0 Å². The van der Waals surface area contributed by atoms with Gasteiger partial charge in [-0.25, -0.2) is 4.79 Å². The van der Waals surface area contributed by atoms with Crippen molar-refractivity contribution in [3.05, 3.63) is 0 Å². The van der Waals surface area contributed by atoms with E-state index in [-0.39, 0.29) is 6.10 Å². The minimum atomic E-state index is -0.878. The van der Waals surface area contributed by atoms with Crippen LogP contribution in [0.5, 0.6) is 0 Å². The third-order valence-corrected chi connectivity index (χ3v) is 2.57. The van der Waals surface area contributed by atoms with Crippen LogP contribution in [0.1, 0.15) is 6.92 Å². The molecule has 1 aliphatic rings. The van der Waals surface area contributed by atoms with Gasteiger partial charge in [0.2, 0.25) is 0 Å². The Morgan fingerprint density at radius 1 is 1.80 bits per heavy atom. The van der Waals surface area contributed by atoms with Crippen molar-refractivity contribution in [3.8, 4) is 0 Å². The van der Waals surface area contributed by atoms with Crippen LogP contribution < -0.4 is 0 Å². The normalized spacial score (nSPS) is 21.7. The van der Waals surface area contributed by atoms with Gasteiger partial charge in [-0.2, -0.15) is 11.8 Å². The number of hydrogen-bond acceptors (Lipinski definition) is 3. The Morgan fingerprint density at radius 2 is 2.40 bits per heavy atom. The summed E-state index contributed by atoms with van der Waals surface area (Å²) in [6.07, 6.45) is -0.470. The highest BCUT2D eigenvalue weighted by molar-refractivity contribution is 8.00. The van der Waals surface area contributed by atoms with E-state index in [9.17, 15) is 4.79 Å². The Labute approximate surface area is 63.8 Å². The molecule has 1 heterocycles. The molecule has 1 unspecified atom stereocenters. The number of thioether (sulfide) groups is 1. The van der Waals surface area contributed by atoms with E-state index in [4.69, 9.17) is 9.84 Å². The van der Waals surface area contributed by atoms with E-state index in [0.29, 0.717) is 0 Å². The highest BCUT2D eigenvalue weighted by atomic mass is 32.2. The highest BCUT2D eigenvalue weighted by Crippen LogP contribution is 2.21. The van der Waals surface area contributed by atoms with Gasteiger partial charge < -0.3 is 9.84 Å².